The monoisotopic (exact) mass is 384 g/mol. The molecule has 0 spiro atoms. The second kappa shape index (κ2) is 7.92. The second-order valence-electron chi connectivity index (χ2n) is 7.45. The number of para-hydroxylation sites is 1. The van der Waals surface area contributed by atoms with E-state index in [9.17, 15) is 9.59 Å². The van der Waals surface area contributed by atoms with Crippen molar-refractivity contribution in [1.29, 1.82) is 0 Å². The highest BCUT2D eigenvalue weighted by Gasteiger charge is 2.36. The van der Waals surface area contributed by atoms with E-state index in [1.807, 2.05) is 104 Å². The van der Waals surface area contributed by atoms with Gasteiger partial charge in [-0.3, -0.25) is 9.59 Å². The molecule has 0 radical (unpaired) electrons. The van der Waals surface area contributed by atoms with E-state index in [2.05, 4.69) is 0 Å². The van der Waals surface area contributed by atoms with Crippen LogP contribution in [0.3, 0.4) is 0 Å². The van der Waals surface area contributed by atoms with Gasteiger partial charge in [-0.1, -0.05) is 60.7 Å². The Bertz CT molecular complexity index is 1020. The predicted octanol–water partition coefficient (Wildman–Crippen LogP) is 4.94. The number of benzene rings is 3. The van der Waals surface area contributed by atoms with Gasteiger partial charge in [-0.15, -0.1) is 0 Å². The van der Waals surface area contributed by atoms with Crippen LogP contribution in [0.4, 0.5) is 5.69 Å². The maximum absolute atomic E-state index is 13.5. The molecule has 3 aromatic carbocycles. The van der Waals surface area contributed by atoms with Crippen molar-refractivity contribution in [1.82, 2.24) is 4.90 Å². The van der Waals surface area contributed by atoms with Gasteiger partial charge in [0.05, 0.1) is 23.3 Å². The lowest BCUT2D eigenvalue weighted by Crippen LogP contribution is -2.45. The number of nitrogens with zero attached hydrogens (tertiary/aromatic N) is 2. The summed E-state index contributed by atoms with van der Waals surface area (Å²) in [6, 6.07) is 26.4. The number of anilines is 1. The van der Waals surface area contributed by atoms with Crippen molar-refractivity contribution in [3.63, 3.8) is 0 Å². The molecule has 1 aliphatic rings. The third kappa shape index (κ3) is 3.54. The Morgan fingerprint density at radius 2 is 1.48 bits per heavy atom. The SMILES string of the molecule is CC(c1ccccc1)N1CC(C)N(C(=O)c2ccccc2)c2ccccc2C1=O. The zero-order valence-electron chi connectivity index (χ0n) is 16.7. The number of carbonyl (C=O) groups is 2. The Morgan fingerprint density at radius 3 is 2.17 bits per heavy atom. The average Bonchev–Trinajstić information content (AvgIpc) is 2.88. The van der Waals surface area contributed by atoms with Crippen LogP contribution in [0.2, 0.25) is 0 Å². The van der Waals surface area contributed by atoms with Crippen LogP contribution in [0.15, 0.2) is 84.9 Å². The fourth-order valence-electron chi connectivity index (χ4n) is 3.98. The summed E-state index contributed by atoms with van der Waals surface area (Å²) < 4.78 is 0. The quantitative estimate of drug-likeness (QED) is 0.642. The Morgan fingerprint density at radius 1 is 0.897 bits per heavy atom. The number of hydrogen-bond acceptors (Lipinski definition) is 2. The van der Waals surface area contributed by atoms with E-state index in [0.29, 0.717) is 23.4 Å². The van der Waals surface area contributed by atoms with Gasteiger partial charge in [-0.2, -0.15) is 0 Å². The summed E-state index contributed by atoms with van der Waals surface area (Å²) in [6.07, 6.45) is 0. The normalized spacial score (nSPS) is 17.4. The van der Waals surface area contributed by atoms with Crippen LogP contribution < -0.4 is 4.90 Å². The molecule has 146 valence electrons. The standard InChI is InChI=1S/C25H24N2O2/c1-18-17-26(19(2)20-11-5-3-6-12-20)25(29)22-15-9-10-16-23(22)27(18)24(28)21-13-7-4-8-14-21/h3-16,18-19H,17H2,1-2H3. The van der Waals surface area contributed by atoms with E-state index in [0.717, 1.165) is 5.56 Å². The van der Waals surface area contributed by atoms with Crippen molar-refractivity contribution in [2.75, 3.05) is 11.4 Å². The lowest BCUT2D eigenvalue weighted by molar-refractivity contribution is 0.0685. The first-order valence-corrected chi connectivity index (χ1v) is 9.91. The molecule has 0 aromatic heterocycles. The van der Waals surface area contributed by atoms with Crippen molar-refractivity contribution in [2.45, 2.75) is 25.9 Å². The molecule has 1 aliphatic heterocycles. The second-order valence-corrected chi connectivity index (χ2v) is 7.45. The third-order valence-corrected chi connectivity index (χ3v) is 5.55. The van der Waals surface area contributed by atoms with Crippen LogP contribution in [0.1, 0.15) is 46.2 Å². The summed E-state index contributed by atoms with van der Waals surface area (Å²) in [4.78, 5) is 30.5. The zero-order valence-corrected chi connectivity index (χ0v) is 16.7. The van der Waals surface area contributed by atoms with Crippen molar-refractivity contribution < 1.29 is 9.59 Å². The minimum absolute atomic E-state index is 0.0489. The summed E-state index contributed by atoms with van der Waals surface area (Å²) >= 11 is 0. The fraction of sp³-hybridized carbons (Fsp3) is 0.200. The van der Waals surface area contributed by atoms with E-state index in [1.54, 1.807) is 4.90 Å². The lowest BCUT2D eigenvalue weighted by atomic mass is 10.1. The molecule has 29 heavy (non-hydrogen) atoms. The van der Waals surface area contributed by atoms with Crippen molar-refractivity contribution in [3.8, 4) is 0 Å². The molecule has 0 bridgehead atoms. The first kappa shape index (κ1) is 18.9. The Kier molecular flexibility index (Phi) is 5.17. The average molecular weight is 384 g/mol. The Labute approximate surface area is 171 Å². The maximum Gasteiger partial charge on any atom is 0.258 e. The van der Waals surface area contributed by atoms with E-state index in [1.165, 1.54) is 0 Å². The van der Waals surface area contributed by atoms with Crippen LogP contribution in [-0.4, -0.2) is 29.3 Å². The fourth-order valence-corrected chi connectivity index (χ4v) is 3.98. The molecule has 2 unspecified atom stereocenters. The Balaban J connectivity index is 1.77. The molecule has 4 heteroatoms. The molecular formula is C25H24N2O2. The largest absolute Gasteiger partial charge is 0.330 e. The minimum atomic E-state index is -0.165. The summed E-state index contributed by atoms with van der Waals surface area (Å²) in [5.74, 6) is -0.139. The van der Waals surface area contributed by atoms with Gasteiger partial charge in [-0.25, -0.2) is 0 Å². The highest BCUT2D eigenvalue weighted by Crippen LogP contribution is 2.33. The van der Waals surface area contributed by atoms with Crippen LogP contribution in [-0.2, 0) is 0 Å². The van der Waals surface area contributed by atoms with Crippen molar-refractivity contribution in [2.24, 2.45) is 0 Å². The topological polar surface area (TPSA) is 40.6 Å². The van der Waals surface area contributed by atoms with Crippen molar-refractivity contribution in [3.05, 3.63) is 102 Å². The first-order chi connectivity index (χ1) is 14.1. The number of rotatable bonds is 3. The zero-order chi connectivity index (χ0) is 20.4. The van der Waals surface area contributed by atoms with Gasteiger partial charge in [-0.05, 0) is 43.7 Å². The molecule has 0 saturated heterocycles. The van der Waals surface area contributed by atoms with E-state index in [-0.39, 0.29) is 23.9 Å². The van der Waals surface area contributed by atoms with Crippen molar-refractivity contribution >= 4 is 17.5 Å². The highest BCUT2D eigenvalue weighted by molar-refractivity contribution is 6.11. The summed E-state index contributed by atoms with van der Waals surface area (Å²) in [5.41, 5.74) is 2.92. The van der Waals surface area contributed by atoms with E-state index >= 15 is 0 Å². The summed E-state index contributed by atoms with van der Waals surface area (Å²) in [7, 11) is 0. The molecule has 0 saturated carbocycles. The summed E-state index contributed by atoms with van der Waals surface area (Å²) in [5, 5.41) is 0. The van der Waals surface area contributed by atoms with Crippen LogP contribution in [0.25, 0.3) is 0 Å². The highest BCUT2D eigenvalue weighted by atomic mass is 16.2. The molecule has 0 fully saturated rings. The third-order valence-electron chi connectivity index (χ3n) is 5.55. The number of fused-ring (bicyclic) bond motifs is 1. The number of amides is 2. The van der Waals surface area contributed by atoms with Gasteiger partial charge in [0, 0.05) is 12.1 Å². The number of hydrogen-bond donors (Lipinski definition) is 0. The molecule has 2 atom stereocenters. The van der Waals surface area contributed by atoms with E-state index < -0.39 is 0 Å². The molecule has 0 N–H and O–H groups in total. The van der Waals surface area contributed by atoms with Crippen LogP contribution in [0.5, 0.6) is 0 Å². The summed E-state index contributed by atoms with van der Waals surface area (Å²) in [6.45, 7) is 4.50. The molecule has 3 aromatic rings. The lowest BCUT2D eigenvalue weighted by Gasteiger charge is -2.32. The smallest absolute Gasteiger partial charge is 0.258 e. The molecule has 4 rings (SSSR count). The van der Waals surface area contributed by atoms with Crippen LogP contribution in [0, 0.1) is 0 Å². The molecule has 1 heterocycles. The molecule has 4 nitrogen and oxygen atoms in total. The Hall–Kier alpha value is -3.40. The van der Waals surface area contributed by atoms with Gasteiger partial charge >= 0.3 is 0 Å². The van der Waals surface area contributed by atoms with E-state index in [4.69, 9.17) is 0 Å². The molecule has 0 aliphatic carbocycles. The number of carbonyl (C=O) groups excluding carboxylic acids is 2. The predicted molar refractivity (Wildman–Crippen MR) is 115 cm³/mol. The first-order valence-electron chi connectivity index (χ1n) is 9.91. The van der Waals surface area contributed by atoms with Gasteiger partial charge in [0.15, 0.2) is 0 Å². The molecular weight excluding hydrogens is 360 g/mol. The molecule has 2 amide bonds. The van der Waals surface area contributed by atoms with Gasteiger partial charge in [0.1, 0.15) is 0 Å². The minimum Gasteiger partial charge on any atom is -0.330 e. The van der Waals surface area contributed by atoms with Gasteiger partial charge < -0.3 is 9.80 Å². The van der Waals surface area contributed by atoms with Crippen LogP contribution >= 0.6 is 0 Å². The van der Waals surface area contributed by atoms with Gasteiger partial charge in [0.25, 0.3) is 11.8 Å². The maximum atomic E-state index is 13.5. The van der Waals surface area contributed by atoms with Gasteiger partial charge in [0.2, 0.25) is 0 Å².